The molecule has 140 valence electrons. The molecule has 2 nitrogen and oxygen atoms in total. The third kappa shape index (κ3) is 4.00. The molecule has 0 aromatic heterocycles. The second kappa shape index (κ2) is 7.65. The highest BCUT2D eigenvalue weighted by molar-refractivity contribution is 5.96. The van der Waals surface area contributed by atoms with Crippen LogP contribution >= 0.6 is 0 Å². The molecule has 2 rings (SSSR count). The number of carbonyl (C=O) groups excluding carboxylic acids is 1. The van der Waals surface area contributed by atoms with E-state index in [1.165, 1.54) is 11.1 Å². The van der Waals surface area contributed by atoms with Gasteiger partial charge in [-0.1, -0.05) is 77.6 Å². The minimum absolute atomic E-state index is 0.0540. The molecule has 1 saturated carbocycles. The molecular formula is C24H33NO. The first-order valence-electron chi connectivity index (χ1n) is 9.50. The van der Waals surface area contributed by atoms with Crippen molar-refractivity contribution in [3.8, 4) is 0 Å². The number of hydrogen-bond acceptors (Lipinski definition) is 1. The summed E-state index contributed by atoms with van der Waals surface area (Å²) in [6, 6.07) is 8.22. The van der Waals surface area contributed by atoms with Crippen LogP contribution in [0.2, 0.25) is 0 Å². The van der Waals surface area contributed by atoms with Gasteiger partial charge in [0.25, 0.3) is 0 Å². The van der Waals surface area contributed by atoms with Crippen LogP contribution in [0.15, 0.2) is 60.7 Å². The number of nitrogens with one attached hydrogen (secondary N) is 1. The maximum Gasteiger partial charge on any atom is 0.228 e. The van der Waals surface area contributed by atoms with Gasteiger partial charge in [0.2, 0.25) is 5.91 Å². The number of rotatable bonds is 7. The van der Waals surface area contributed by atoms with Crippen LogP contribution in [0.3, 0.4) is 0 Å². The van der Waals surface area contributed by atoms with Crippen molar-refractivity contribution in [2.24, 2.45) is 16.7 Å². The molecule has 0 bridgehead atoms. The van der Waals surface area contributed by atoms with Gasteiger partial charge in [0.05, 0.1) is 0 Å². The quantitative estimate of drug-likeness (QED) is 0.559. The Labute approximate surface area is 159 Å². The molecule has 0 spiro atoms. The fourth-order valence-electron chi connectivity index (χ4n) is 3.90. The average Bonchev–Trinajstić information content (AvgIpc) is 3.00. The summed E-state index contributed by atoms with van der Waals surface area (Å²) in [5.74, 6) is 0.548. The van der Waals surface area contributed by atoms with Crippen molar-refractivity contribution in [2.45, 2.75) is 53.9 Å². The second-order valence-electron chi connectivity index (χ2n) is 8.57. The van der Waals surface area contributed by atoms with E-state index >= 15 is 0 Å². The molecule has 26 heavy (non-hydrogen) atoms. The van der Waals surface area contributed by atoms with Gasteiger partial charge in [-0.3, -0.25) is 4.79 Å². The van der Waals surface area contributed by atoms with E-state index < -0.39 is 0 Å². The van der Waals surface area contributed by atoms with Gasteiger partial charge in [-0.05, 0) is 53.4 Å². The van der Waals surface area contributed by atoms with Gasteiger partial charge in [-0.25, -0.2) is 0 Å². The Morgan fingerprint density at radius 3 is 2.46 bits per heavy atom. The Bertz CT molecular complexity index is 722. The number of amides is 1. The summed E-state index contributed by atoms with van der Waals surface area (Å²) in [7, 11) is 0. The van der Waals surface area contributed by atoms with Gasteiger partial charge >= 0.3 is 0 Å². The van der Waals surface area contributed by atoms with Crippen LogP contribution < -0.4 is 5.32 Å². The first-order chi connectivity index (χ1) is 12.1. The van der Waals surface area contributed by atoms with E-state index in [-0.39, 0.29) is 22.7 Å². The minimum Gasteiger partial charge on any atom is -0.326 e. The highest BCUT2D eigenvalue weighted by Crippen LogP contribution is 2.68. The molecule has 0 aliphatic heterocycles. The lowest BCUT2D eigenvalue weighted by molar-refractivity contribution is -0.118. The van der Waals surface area contributed by atoms with Crippen LogP contribution in [0.25, 0.3) is 0 Å². The third-order valence-electron chi connectivity index (χ3n) is 6.31. The van der Waals surface area contributed by atoms with Crippen LogP contribution in [-0.2, 0) is 4.79 Å². The lowest BCUT2D eigenvalue weighted by Gasteiger charge is -2.14. The molecule has 1 aliphatic carbocycles. The van der Waals surface area contributed by atoms with Crippen LogP contribution in [0.4, 0.5) is 5.69 Å². The van der Waals surface area contributed by atoms with Crippen molar-refractivity contribution in [3.05, 3.63) is 66.3 Å². The molecule has 0 radical (unpaired) electrons. The van der Waals surface area contributed by atoms with Crippen molar-refractivity contribution in [2.75, 3.05) is 5.32 Å². The van der Waals surface area contributed by atoms with Crippen LogP contribution in [0.1, 0.15) is 59.4 Å². The molecular weight excluding hydrogens is 318 g/mol. The van der Waals surface area contributed by atoms with Crippen LogP contribution in [0.5, 0.6) is 0 Å². The van der Waals surface area contributed by atoms with Gasteiger partial charge in [-0.15, -0.1) is 0 Å². The Balaban J connectivity index is 2.08. The first kappa shape index (κ1) is 20.2. The van der Waals surface area contributed by atoms with Gasteiger partial charge in [0.1, 0.15) is 0 Å². The zero-order chi connectivity index (χ0) is 19.5. The summed E-state index contributed by atoms with van der Waals surface area (Å²) >= 11 is 0. The fraction of sp³-hybridized carbons (Fsp3) is 0.458. The van der Waals surface area contributed by atoms with E-state index in [1.54, 1.807) is 0 Å². The van der Waals surface area contributed by atoms with Crippen molar-refractivity contribution in [1.82, 2.24) is 0 Å². The standard InChI is InChI=1S/C24H33NO/c1-8-10-12-18(9-2)15-17(3)19-13-11-14-20(16-19)25-22(26)21-23(4,5)24(21,6)7/h8-14,16-17,21H,2,15H2,1,3-7H3,(H,25,26)/b10-8-,18-12+. The lowest BCUT2D eigenvalue weighted by atomic mass is 9.93. The van der Waals surface area contributed by atoms with Crippen molar-refractivity contribution >= 4 is 11.6 Å². The lowest BCUT2D eigenvalue weighted by Crippen LogP contribution is -2.17. The topological polar surface area (TPSA) is 29.1 Å². The van der Waals surface area contributed by atoms with E-state index in [0.717, 1.165) is 12.1 Å². The molecule has 1 N–H and O–H groups in total. The van der Waals surface area contributed by atoms with E-state index in [2.05, 4.69) is 64.7 Å². The minimum atomic E-state index is 0.0540. The van der Waals surface area contributed by atoms with E-state index in [9.17, 15) is 4.79 Å². The molecule has 1 aromatic rings. The Morgan fingerprint density at radius 2 is 1.92 bits per heavy atom. The summed E-state index contributed by atoms with van der Waals surface area (Å²) in [5, 5.41) is 3.13. The van der Waals surface area contributed by atoms with Gasteiger partial charge < -0.3 is 5.32 Å². The monoisotopic (exact) mass is 351 g/mol. The van der Waals surface area contributed by atoms with Crippen LogP contribution in [0, 0.1) is 16.7 Å². The summed E-state index contributed by atoms with van der Waals surface area (Å²) in [6.45, 7) is 16.8. The Hall–Kier alpha value is -2.09. The molecule has 1 unspecified atom stereocenters. The number of benzene rings is 1. The number of hydrogen-bond donors (Lipinski definition) is 1. The zero-order valence-corrected chi connectivity index (χ0v) is 17.1. The molecule has 1 fully saturated rings. The number of allylic oxidation sites excluding steroid dienone is 5. The highest BCUT2D eigenvalue weighted by atomic mass is 16.2. The Kier molecular flexibility index (Phi) is 5.95. The Morgan fingerprint density at radius 1 is 1.27 bits per heavy atom. The largest absolute Gasteiger partial charge is 0.326 e. The van der Waals surface area contributed by atoms with Crippen molar-refractivity contribution in [3.63, 3.8) is 0 Å². The van der Waals surface area contributed by atoms with Gasteiger partial charge in [-0.2, -0.15) is 0 Å². The van der Waals surface area contributed by atoms with E-state index in [0.29, 0.717) is 5.92 Å². The first-order valence-corrected chi connectivity index (χ1v) is 9.50. The molecule has 0 saturated heterocycles. The second-order valence-corrected chi connectivity index (χ2v) is 8.57. The SMILES string of the molecule is C=C/C(=C\C=C/C)CC(C)c1cccc(NC(=O)C2C(C)(C)C2(C)C)c1. The van der Waals surface area contributed by atoms with Crippen molar-refractivity contribution in [1.29, 1.82) is 0 Å². The van der Waals surface area contributed by atoms with Crippen LogP contribution in [-0.4, -0.2) is 5.91 Å². The van der Waals surface area contributed by atoms with E-state index in [4.69, 9.17) is 0 Å². The summed E-state index contributed by atoms with van der Waals surface area (Å²) in [5.41, 5.74) is 3.43. The van der Waals surface area contributed by atoms with E-state index in [1.807, 2.05) is 37.3 Å². The van der Waals surface area contributed by atoms with Gasteiger partial charge in [0.15, 0.2) is 0 Å². The van der Waals surface area contributed by atoms with Crippen molar-refractivity contribution < 1.29 is 4.79 Å². The molecule has 1 aromatic carbocycles. The third-order valence-corrected chi connectivity index (χ3v) is 6.31. The highest BCUT2D eigenvalue weighted by Gasteiger charge is 2.68. The van der Waals surface area contributed by atoms with Gasteiger partial charge in [0, 0.05) is 11.6 Å². The predicted molar refractivity (Wildman–Crippen MR) is 112 cm³/mol. The smallest absolute Gasteiger partial charge is 0.228 e. The number of anilines is 1. The normalized spacial score (nSPS) is 20.0. The maximum atomic E-state index is 12.7. The molecule has 0 heterocycles. The zero-order valence-electron chi connectivity index (χ0n) is 17.1. The molecule has 2 heteroatoms. The fourth-order valence-corrected chi connectivity index (χ4v) is 3.90. The average molecular weight is 352 g/mol. The molecule has 1 amide bonds. The maximum absolute atomic E-state index is 12.7. The summed E-state index contributed by atoms with van der Waals surface area (Å²) < 4.78 is 0. The predicted octanol–water partition coefficient (Wildman–Crippen LogP) is 6.49. The molecule has 1 aliphatic rings. The number of carbonyl (C=O) groups is 1. The summed E-state index contributed by atoms with van der Waals surface area (Å²) in [6.07, 6.45) is 9.00. The summed E-state index contributed by atoms with van der Waals surface area (Å²) in [4.78, 5) is 12.7. The molecule has 1 atom stereocenters.